The molecule has 0 bridgehead atoms. The standard InChI is InChI=1S/C13H16N4O5/c1-13(21)7(19)4-22-9(13)12(20)17-3-2-6(18)8-10(14)15-5-16-11(8)17/h2-3,5,7,9,12,19-21H,4H2,1H3,(H2,14,15,16)/t7-,9+,12-,13-/m1/s1. The van der Waals surface area contributed by atoms with Crippen LogP contribution < -0.4 is 11.2 Å². The quantitative estimate of drug-likeness (QED) is 0.518. The van der Waals surface area contributed by atoms with Crippen molar-refractivity contribution in [3.05, 3.63) is 28.8 Å². The number of fused-ring (bicyclic) bond motifs is 1. The van der Waals surface area contributed by atoms with Gasteiger partial charge in [-0.3, -0.25) is 4.79 Å². The molecule has 1 saturated heterocycles. The number of nitrogen functional groups attached to an aromatic ring is 1. The van der Waals surface area contributed by atoms with E-state index in [9.17, 15) is 20.1 Å². The number of hydrogen-bond acceptors (Lipinski definition) is 8. The summed E-state index contributed by atoms with van der Waals surface area (Å²) >= 11 is 0. The van der Waals surface area contributed by atoms with Crippen LogP contribution in [-0.2, 0) is 4.74 Å². The van der Waals surface area contributed by atoms with Gasteiger partial charge in [0.05, 0.1) is 6.61 Å². The van der Waals surface area contributed by atoms with Crippen LogP contribution in [0.1, 0.15) is 13.2 Å². The molecule has 4 atom stereocenters. The number of aliphatic hydroxyl groups is 3. The number of rotatable bonds is 2. The Balaban J connectivity index is 2.13. The Morgan fingerprint density at radius 3 is 2.91 bits per heavy atom. The third-order valence-electron chi connectivity index (χ3n) is 3.97. The maximum Gasteiger partial charge on any atom is 0.194 e. The zero-order valence-electron chi connectivity index (χ0n) is 11.7. The van der Waals surface area contributed by atoms with E-state index in [1.807, 2.05) is 0 Å². The van der Waals surface area contributed by atoms with Crippen molar-refractivity contribution >= 4 is 16.9 Å². The van der Waals surface area contributed by atoms with Crippen molar-refractivity contribution in [1.82, 2.24) is 14.5 Å². The molecule has 0 unspecified atom stereocenters. The minimum absolute atomic E-state index is 0.00400. The molecular formula is C13H16N4O5. The minimum atomic E-state index is -1.65. The number of aliphatic hydroxyl groups excluding tert-OH is 2. The van der Waals surface area contributed by atoms with Gasteiger partial charge in [-0.25, -0.2) is 9.97 Å². The van der Waals surface area contributed by atoms with E-state index in [4.69, 9.17) is 10.5 Å². The molecule has 0 saturated carbocycles. The molecule has 2 aromatic heterocycles. The van der Waals surface area contributed by atoms with Crippen molar-refractivity contribution in [2.24, 2.45) is 0 Å². The van der Waals surface area contributed by atoms with Crippen molar-refractivity contribution < 1.29 is 20.1 Å². The van der Waals surface area contributed by atoms with Crippen LogP contribution in [0.25, 0.3) is 11.0 Å². The molecule has 9 heteroatoms. The van der Waals surface area contributed by atoms with Gasteiger partial charge in [-0.2, -0.15) is 0 Å². The second-order valence-corrected chi connectivity index (χ2v) is 5.45. The highest BCUT2D eigenvalue weighted by molar-refractivity contribution is 5.84. The Bertz CT molecular complexity index is 775. The van der Waals surface area contributed by atoms with Crippen LogP contribution in [0.2, 0.25) is 0 Å². The lowest BCUT2D eigenvalue weighted by molar-refractivity contribution is -0.128. The summed E-state index contributed by atoms with van der Waals surface area (Å²) in [6, 6.07) is 1.21. The van der Waals surface area contributed by atoms with Crippen molar-refractivity contribution in [3.8, 4) is 0 Å². The topological polar surface area (TPSA) is 144 Å². The van der Waals surface area contributed by atoms with E-state index >= 15 is 0 Å². The minimum Gasteiger partial charge on any atom is -0.388 e. The van der Waals surface area contributed by atoms with Crippen LogP contribution in [0, 0.1) is 0 Å². The molecular weight excluding hydrogens is 292 g/mol. The molecule has 1 aliphatic heterocycles. The molecule has 1 fully saturated rings. The highest BCUT2D eigenvalue weighted by Crippen LogP contribution is 2.33. The first-order valence-electron chi connectivity index (χ1n) is 6.65. The van der Waals surface area contributed by atoms with Gasteiger partial charge in [0.2, 0.25) is 0 Å². The molecule has 0 aliphatic carbocycles. The van der Waals surface area contributed by atoms with Gasteiger partial charge in [-0.15, -0.1) is 0 Å². The Kier molecular flexibility index (Phi) is 3.37. The van der Waals surface area contributed by atoms with Gasteiger partial charge in [-0.05, 0) is 6.92 Å². The summed E-state index contributed by atoms with van der Waals surface area (Å²) in [6.07, 6.45) is -1.10. The third kappa shape index (κ3) is 2.06. The summed E-state index contributed by atoms with van der Waals surface area (Å²) in [7, 11) is 0. The monoisotopic (exact) mass is 308 g/mol. The average Bonchev–Trinajstić information content (AvgIpc) is 2.73. The predicted octanol–water partition coefficient (Wildman–Crippen LogP) is -1.62. The average molecular weight is 308 g/mol. The van der Waals surface area contributed by atoms with E-state index in [1.54, 1.807) is 0 Å². The number of aromatic nitrogens is 3. The number of anilines is 1. The molecule has 9 nitrogen and oxygen atoms in total. The molecule has 0 amide bonds. The molecule has 22 heavy (non-hydrogen) atoms. The molecule has 1 aliphatic rings. The molecule has 118 valence electrons. The van der Waals surface area contributed by atoms with E-state index in [1.165, 1.54) is 30.1 Å². The maximum absolute atomic E-state index is 11.9. The van der Waals surface area contributed by atoms with Crippen LogP contribution in [0.5, 0.6) is 0 Å². The summed E-state index contributed by atoms with van der Waals surface area (Å²) in [5, 5.41) is 30.6. The zero-order chi connectivity index (χ0) is 16.1. The summed E-state index contributed by atoms with van der Waals surface area (Å²) < 4.78 is 6.54. The Morgan fingerprint density at radius 2 is 2.27 bits per heavy atom. The molecule has 5 N–H and O–H groups in total. The smallest absolute Gasteiger partial charge is 0.194 e. The van der Waals surface area contributed by atoms with Crippen LogP contribution in [0.3, 0.4) is 0 Å². The lowest BCUT2D eigenvalue weighted by atomic mass is 9.94. The van der Waals surface area contributed by atoms with E-state index in [0.29, 0.717) is 0 Å². The number of nitrogens with two attached hydrogens (primary N) is 1. The first-order valence-corrected chi connectivity index (χ1v) is 6.65. The van der Waals surface area contributed by atoms with Crippen LogP contribution in [0.15, 0.2) is 23.4 Å². The number of nitrogens with zero attached hydrogens (tertiary/aromatic N) is 3. The first-order chi connectivity index (χ1) is 10.3. The molecule has 0 aromatic carbocycles. The van der Waals surface area contributed by atoms with Gasteiger partial charge >= 0.3 is 0 Å². The van der Waals surface area contributed by atoms with Crippen LogP contribution in [-0.4, -0.2) is 54.3 Å². The van der Waals surface area contributed by atoms with E-state index < -0.39 is 24.0 Å². The lowest BCUT2D eigenvalue weighted by Gasteiger charge is -2.31. The third-order valence-corrected chi connectivity index (χ3v) is 3.97. The van der Waals surface area contributed by atoms with Gasteiger partial charge in [0, 0.05) is 12.3 Å². The fourth-order valence-corrected chi connectivity index (χ4v) is 2.59. The number of ether oxygens (including phenoxy) is 1. The fourth-order valence-electron chi connectivity index (χ4n) is 2.59. The fraction of sp³-hybridized carbons (Fsp3) is 0.462. The van der Waals surface area contributed by atoms with E-state index in [0.717, 1.165) is 0 Å². The summed E-state index contributed by atoms with van der Waals surface area (Å²) in [6.45, 7) is 1.26. The normalized spacial score (nSPS) is 29.8. The van der Waals surface area contributed by atoms with Gasteiger partial charge in [0.15, 0.2) is 17.3 Å². The highest BCUT2D eigenvalue weighted by atomic mass is 16.5. The Hall–Kier alpha value is -2.07. The van der Waals surface area contributed by atoms with Gasteiger partial charge < -0.3 is 30.4 Å². The highest BCUT2D eigenvalue weighted by Gasteiger charge is 2.50. The summed E-state index contributed by atoms with van der Waals surface area (Å²) in [5.74, 6) is -0.00400. The Morgan fingerprint density at radius 1 is 1.55 bits per heavy atom. The van der Waals surface area contributed by atoms with Crippen molar-refractivity contribution in [1.29, 1.82) is 0 Å². The van der Waals surface area contributed by atoms with Gasteiger partial charge in [0.25, 0.3) is 0 Å². The number of pyridine rings is 1. The van der Waals surface area contributed by atoms with E-state index in [-0.39, 0.29) is 28.9 Å². The van der Waals surface area contributed by atoms with E-state index in [2.05, 4.69) is 9.97 Å². The van der Waals surface area contributed by atoms with Crippen molar-refractivity contribution in [3.63, 3.8) is 0 Å². The summed E-state index contributed by atoms with van der Waals surface area (Å²) in [5.41, 5.74) is 3.78. The van der Waals surface area contributed by atoms with Gasteiger partial charge in [0.1, 0.15) is 35.3 Å². The van der Waals surface area contributed by atoms with Crippen molar-refractivity contribution in [2.45, 2.75) is 31.0 Å². The van der Waals surface area contributed by atoms with Gasteiger partial charge in [-0.1, -0.05) is 0 Å². The Labute approximate surface area is 124 Å². The summed E-state index contributed by atoms with van der Waals surface area (Å²) in [4.78, 5) is 19.6. The predicted molar refractivity (Wildman–Crippen MR) is 75.8 cm³/mol. The van der Waals surface area contributed by atoms with Crippen LogP contribution >= 0.6 is 0 Å². The SMILES string of the molecule is C[C@@]1(O)[C@H](O)CO[C@H]1[C@@H](O)n1ccc(=O)c2c(N)ncnc21. The van der Waals surface area contributed by atoms with Crippen molar-refractivity contribution in [2.75, 3.05) is 12.3 Å². The maximum atomic E-state index is 11.9. The van der Waals surface area contributed by atoms with Crippen LogP contribution in [0.4, 0.5) is 5.82 Å². The molecule has 3 heterocycles. The second kappa shape index (κ2) is 4.99. The number of hydrogen-bond donors (Lipinski definition) is 4. The lowest BCUT2D eigenvalue weighted by Crippen LogP contribution is -2.48. The molecule has 0 spiro atoms. The zero-order valence-corrected chi connectivity index (χ0v) is 11.7. The molecule has 0 radical (unpaired) electrons. The molecule has 3 rings (SSSR count). The molecule has 2 aromatic rings. The first kappa shape index (κ1) is 14.9. The second-order valence-electron chi connectivity index (χ2n) is 5.45. The largest absolute Gasteiger partial charge is 0.388 e.